The molecule has 4 N–H and O–H groups in total. The summed E-state index contributed by atoms with van der Waals surface area (Å²) in [5.74, 6) is -1.43. The van der Waals surface area contributed by atoms with Gasteiger partial charge in [0, 0.05) is 11.3 Å². The van der Waals surface area contributed by atoms with Gasteiger partial charge in [0.2, 0.25) is 10.0 Å². The van der Waals surface area contributed by atoms with Crippen LogP contribution in [0.4, 0.5) is 0 Å². The molecule has 1 aromatic heterocycles. The molecule has 0 amide bonds. The first kappa shape index (κ1) is 17.0. The molecule has 0 aliphatic rings. The van der Waals surface area contributed by atoms with Gasteiger partial charge in [-0.2, -0.15) is 16.9 Å². The molecular weight excluding hydrogens is 306 g/mol. The molecule has 0 aromatic carbocycles. The van der Waals surface area contributed by atoms with Gasteiger partial charge in [0.1, 0.15) is 4.90 Å². The standard InChI is InChI=1S/C10H17N3O5S2/c1-5(7(4-14)19-3)13-20(17,18)9-6(2)11-12-8(9)10(15)16/h5,7,13-14H,4H2,1-3H3,(H,11,12)(H,15,16). The zero-order chi connectivity index (χ0) is 15.5. The topological polar surface area (TPSA) is 132 Å². The van der Waals surface area contributed by atoms with Gasteiger partial charge in [0.05, 0.1) is 12.3 Å². The van der Waals surface area contributed by atoms with Crippen molar-refractivity contribution in [1.82, 2.24) is 14.9 Å². The van der Waals surface area contributed by atoms with E-state index in [-0.39, 0.29) is 22.4 Å². The SMILES string of the molecule is CSC(CO)C(C)NS(=O)(=O)c1c(C(=O)O)n[nH]c1C. The maximum atomic E-state index is 12.3. The van der Waals surface area contributed by atoms with E-state index in [0.29, 0.717) is 0 Å². The monoisotopic (exact) mass is 323 g/mol. The zero-order valence-electron chi connectivity index (χ0n) is 11.2. The van der Waals surface area contributed by atoms with Gasteiger partial charge in [-0.1, -0.05) is 0 Å². The molecule has 0 fully saturated rings. The number of thioether (sulfide) groups is 1. The highest BCUT2D eigenvalue weighted by atomic mass is 32.2. The van der Waals surface area contributed by atoms with Crippen LogP contribution in [-0.4, -0.2) is 59.0 Å². The van der Waals surface area contributed by atoms with Crippen molar-refractivity contribution in [2.24, 2.45) is 0 Å². The number of hydrogen-bond donors (Lipinski definition) is 4. The largest absolute Gasteiger partial charge is 0.476 e. The Balaban J connectivity index is 3.12. The van der Waals surface area contributed by atoms with E-state index in [1.165, 1.54) is 18.7 Å². The highest BCUT2D eigenvalue weighted by Gasteiger charge is 2.30. The van der Waals surface area contributed by atoms with Crippen LogP contribution in [0.15, 0.2) is 4.90 Å². The van der Waals surface area contributed by atoms with Crippen molar-refractivity contribution in [2.45, 2.75) is 30.0 Å². The molecule has 0 saturated heterocycles. The van der Waals surface area contributed by atoms with Gasteiger partial charge in [-0.25, -0.2) is 17.9 Å². The number of sulfonamides is 1. The zero-order valence-corrected chi connectivity index (χ0v) is 12.9. The highest BCUT2D eigenvalue weighted by molar-refractivity contribution is 7.99. The fraction of sp³-hybridized carbons (Fsp3) is 0.600. The van der Waals surface area contributed by atoms with Crippen LogP contribution in [0.1, 0.15) is 23.1 Å². The average Bonchev–Trinajstić information content (AvgIpc) is 2.73. The Hall–Kier alpha value is -1.10. The van der Waals surface area contributed by atoms with Crippen molar-refractivity contribution in [3.05, 3.63) is 11.4 Å². The second-order valence-electron chi connectivity index (χ2n) is 4.20. The summed E-state index contributed by atoms with van der Waals surface area (Å²) in [6.45, 7) is 2.84. The van der Waals surface area contributed by atoms with E-state index in [0.717, 1.165) is 0 Å². The third-order valence-corrected chi connectivity index (χ3v) is 5.63. The van der Waals surface area contributed by atoms with Crippen LogP contribution < -0.4 is 4.72 Å². The molecule has 1 heterocycles. The first-order chi connectivity index (χ1) is 9.24. The normalized spacial score (nSPS) is 15.0. The maximum absolute atomic E-state index is 12.3. The van der Waals surface area contributed by atoms with Crippen LogP contribution in [-0.2, 0) is 10.0 Å². The number of aryl methyl sites for hydroxylation is 1. The lowest BCUT2D eigenvalue weighted by atomic mass is 10.3. The second kappa shape index (κ2) is 6.57. The Morgan fingerprint density at radius 3 is 2.60 bits per heavy atom. The number of carbonyl (C=O) groups is 1. The van der Waals surface area contributed by atoms with Crippen LogP contribution in [0.2, 0.25) is 0 Å². The summed E-state index contributed by atoms with van der Waals surface area (Å²) in [7, 11) is -4.04. The molecule has 114 valence electrons. The van der Waals surface area contributed by atoms with Crippen LogP contribution in [0.3, 0.4) is 0 Å². The maximum Gasteiger partial charge on any atom is 0.357 e. The molecule has 1 rings (SSSR count). The Bertz CT molecular complexity index is 580. The summed E-state index contributed by atoms with van der Waals surface area (Å²) in [4.78, 5) is 10.6. The number of carboxylic acid groups (broad SMARTS) is 1. The molecule has 10 heteroatoms. The Labute approximate surface area is 121 Å². The summed E-state index contributed by atoms with van der Waals surface area (Å²) in [6.07, 6.45) is 1.75. The van der Waals surface area contributed by atoms with Crippen LogP contribution in [0, 0.1) is 6.92 Å². The number of carboxylic acids is 1. The molecule has 2 atom stereocenters. The summed E-state index contributed by atoms with van der Waals surface area (Å²) >= 11 is 1.31. The van der Waals surface area contributed by atoms with Crippen molar-refractivity contribution < 1.29 is 23.4 Å². The molecule has 0 spiro atoms. The third-order valence-electron chi connectivity index (χ3n) is 2.74. The van der Waals surface area contributed by atoms with Crippen molar-refractivity contribution in [3.63, 3.8) is 0 Å². The number of aliphatic hydroxyl groups is 1. The van der Waals surface area contributed by atoms with E-state index in [4.69, 9.17) is 10.2 Å². The lowest BCUT2D eigenvalue weighted by molar-refractivity contribution is 0.0686. The molecule has 20 heavy (non-hydrogen) atoms. The third kappa shape index (κ3) is 3.51. The van der Waals surface area contributed by atoms with Crippen LogP contribution in [0.25, 0.3) is 0 Å². The van der Waals surface area contributed by atoms with Gasteiger partial charge in [-0.3, -0.25) is 5.10 Å². The molecule has 0 bridgehead atoms. The van der Waals surface area contributed by atoms with Crippen LogP contribution >= 0.6 is 11.8 Å². The fourth-order valence-electron chi connectivity index (χ4n) is 1.71. The molecule has 0 saturated carbocycles. The number of aromatic carboxylic acids is 1. The molecule has 0 radical (unpaired) electrons. The van der Waals surface area contributed by atoms with Gasteiger partial charge >= 0.3 is 5.97 Å². The molecular formula is C10H17N3O5S2. The number of nitrogens with one attached hydrogen (secondary N) is 2. The minimum Gasteiger partial charge on any atom is -0.476 e. The smallest absolute Gasteiger partial charge is 0.357 e. The first-order valence-electron chi connectivity index (χ1n) is 5.68. The van der Waals surface area contributed by atoms with Gasteiger partial charge in [0.25, 0.3) is 0 Å². The summed E-state index contributed by atoms with van der Waals surface area (Å²) in [5, 5.41) is 23.6. The predicted molar refractivity (Wildman–Crippen MR) is 74.5 cm³/mol. The van der Waals surface area contributed by atoms with Crippen molar-refractivity contribution in [1.29, 1.82) is 0 Å². The van der Waals surface area contributed by atoms with E-state index in [9.17, 15) is 13.2 Å². The Morgan fingerprint density at radius 1 is 1.55 bits per heavy atom. The molecule has 8 nitrogen and oxygen atoms in total. The number of rotatable bonds is 7. The summed E-state index contributed by atoms with van der Waals surface area (Å²) < 4.78 is 26.9. The van der Waals surface area contributed by atoms with Gasteiger partial charge in [-0.15, -0.1) is 0 Å². The van der Waals surface area contributed by atoms with Crippen molar-refractivity contribution in [2.75, 3.05) is 12.9 Å². The number of H-pyrrole nitrogens is 1. The average molecular weight is 323 g/mol. The molecule has 0 aliphatic carbocycles. The Morgan fingerprint density at radius 2 is 2.15 bits per heavy atom. The predicted octanol–water partition coefficient (Wildman–Crippen LogP) is -0.193. The number of nitrogens with zero attached hydrogens (tertiary/aromatic N) is 1. The lowest BCUT2D eigenvalue weighted by Gasteiger charge is -2.21. The number of aromatic nitrogens is 2. The van der Waals surface area contributed by atoms with Crippen molar-refractivity contribution >= 4 is 27.8 Å². The van der Waals surface area contributed by atoms with E-state index in [1.54, 1.807) is 13.2 Å². The van der Waals surface area contributed by atoms with Gasteiger partial charge in [0.15, 0.2) is 5.69 Å². The Kier molecular flexibility index (Phi) is 5.57. The molecule has 0 aliphatic heterocycles. The van der Waals surface area contributed by atoms with Gasteiger partial charge < -0.3 is 10.2 Å². The summed E-state index contributed by atoms with van der Waals surface area (Å²) in [5.41, 5.74) is -0.404. The summed E-state index contributed by atoms with van der Waals surface area (Å²) in [6, 6.07) is -0.559. The highest BCUT2D eigenvalue weighted by Crippen LogP contribution is 2.19. The first-order valence-corrected chi connectivity index (χ1v) is 8.46. The van der Waals surface area contributed by atoms with E-state index in [1.807, 2.05) is 0 Å². The van der Waals surface area contributed by atoms with E-state index >= 15 is 0 Å². The number of aromatic amines is 1. The van der Waals surface area contributed by atoms with Crippen molar-refractivity contribution in [3.8, 4) is 0 Å². The van der Waals surface area contributed by atoms with E-state index < -0.39 is 27.7 Å². The number of aliphatic hydroxyl groups excluding tert-OH is 1. The number of hydrogen-bond acceptors (Lipinski definition) is 6. The minimum absolute atomic E-state index is 0.145. The molecule has 1 aromatic rings. The quantitative estimate of drug-likeness (QED) is 0.546. The minimum atomic E-state index is -4.04. The van der Waals surface area contributed by atoms with E-state index in [2.05, 4.69) is 14.9 Å². The lowest BCUT2D eigenvalue weighted by Crippen LogP contribution is -2.41. The fourth-order valence-corrected chi connectivity index (χ4v) is 4.03. The van der Waals surface area contributed by atoms with Gasteiger partial charge in [-0.05, 0) is 20.1 Å². The second-order valence-corrected chi connectivity index (χ2v) is 6.93. The van der Waals surface area contributed by atoms with Crippen LogP contribution in [0.5, 0.6) is 0 Å². The molecule has 2 unspecified atom stereocenters.